The molecule has 0 aromatic carbocycles. The highest BCUT2D eigenvalue weighted by Gasteiger charge is 1.96. The van der Waals surface area contributed by atoms with E-state index in [9.17, 15) is 0 Å². The van der Waals surface area contributed by atoms with Crippen molar-refractivity contribution in [3.8, 4) is 0 Å². The Bertz CT molecular complexity index is 220. The molecule has 2 nitrogen and oxygen atoms in total. The number of allylic oxidation sites excluding steroid dienone is 1. The van der Waals surface area contributed by atoms with Crippen molar-refractivity contribution in [1.29, 1.82) is 0 Å². The Morgan fingerprint density at radius 3 is 2.38 bits per heavy atom. The number of hydrogen-bond acceptors (Lipinski definition) is 2. The van der Waals surface area contributed by atoms with Crippen LogP contribution in [0.5, 0.6) is 0 Å². The van der Waals surface area contributed by atoms with Gasteiger partial charge in [0.2, 0.25) is 0 Å². The minimum absolute atomic E-state index is 0.801. The van der Waals surface area contributed by atoms with Crippen LogP contribution in [0.1, 0.15) is 27.7 Å². The summed E-state index contributed by atoms with van der Waals surface area (Å²) >= 11 is 0. The van der Waals surface area contributed by atoms with E-state index in [0.29, 0.717) is 0 Å². The summed E-state index contributed by atoms with van der Waals surface area (Å²) in [7, 11) is 0. The van der Waals surface area contributed by atoms with Crippen molar-refractivity contribution in [1.82, 2.24) is 5.32 Å². The lowest BCUT2D eigenvalue weighted by Crippen LogP contribution is -2.22. The third-order valence-electron chi connectivity index (χ3n) is 1.51. The molecule has 0 rings (SSSR count). The van der Waals surface area contributed by atoms with Gasteiger partial charge in [-0.1, -0.05) is 19.1 Å². The van der Waals surface area contributed by atoms with E-state index in [1.165, 1.54) is 5.57 Å². The van der Waals surface area contributed by atoms with Crippen LogP contribution in [0.2, 0.25) is 0 Å². The minimum Gasteiger partial charge on any atom is -0.311 e. The third-order valence-corrected chi connectivity index (χ3v) is 1.51. The predicted octanol–water partition coefficient (Wildman–Crippen LogP) is 2.54. The van der Waals surface area contributed by atoms with Gasteiger partial charge in [-0.2, -0.15) is 0 Å². The highest BCUT2D eigenvalue weighted by atomic mass is 14.9. The average Bonchev–Trinajstić information content (AvgIpc) is 2.03. The Kier molecular flexibility index (Phi) is 6.15. The molecule has 0 aliphatic carbocycles. The highest BCUT2D eigenvalue weighted by Crippen LogP contribution is 1.96. The van der Waals surface area contributed by atoms with Crippen LogP contribution in [-0.2, 0) is 0 Å². The summed E-state index contributed by atoms with van der Waals surface area (Å²) in [5, 5.41) is 3.23. The van der Waals surface area contributed by atoms with E-state index >= 15 is 0 Å². The van der Waals surface area contributed by atoms with Crippen LogP contribution in [0.3, 0.4) is 0 Å². The molecular formula is C11H20N2. The number of aliphatic imine (C=N–C) groups is 1. The molecule has 0 aromatic heterocycles. The SMILES string of the molecule is C=C(C)/C(CNCC)=N\C=C(C)C. The second-order valence-electron chi connectivity index (χ2n) is 3.34. The maximum Gasteiger partial charge on any atom is 0.0564 e. The predicted molar refractivity (Wildman–Crippen MR) is 60.2 cm³/mol. The topological polar surface area (TPSA) is 24.4 Å². The van der Waals surface area contributed by atoms with E-state index in [1.54, 1.807) is 0 Å². The summed E-state index contributed by atoms with van der Waals surface area (Å²) in [6.07, 6.45) is 1.88. The molecule has 0 amide bonds. The Hall–Kier alpha value is -0.890. The van der Waals surface area contributed by atoms with Crippen molar-refractivity contribution in [2.75, 3.05) is 13.1 Å². The van der Waals surface area contributed by atoms with Crippen LogP contribution in [-0.4, -0.2) is 18.8 Å². The monoisotopic (exact) mass is 180 g/mol. The van der Waals surface area contributed by atoms with Crippen LogP contribution >= 0.6 is 0 Å². The lowest BCUT2D eigenvalue weighted by atomic mass is 10.2. The van der Waals surface area contributed by atoms with E-state index in [4.69, 9.17) is 0 Å². The summed E-state index contributed by atoms with van der Waals surface area (Å²) in [5.41, 5.74) is 3.26. The van der Waals surface area contributed by atoms with Gasteiger partial charge in [0.25, 0.3) is 0 Å². The molecular weight excluding hydrogens is 160 g/mol. The molecule has 0 fully saturated rings. The average molecular weight is 180 g/mol. The van der Waals surface area contributed by atoms with Gasteiger partial charge in [-0.05, 0) is 32.9 Å². The quantitative estimate of drug-likeness (QED) is 0.646. The van der Waals surface area contributed by atoms with Gasteiger partial charge in [-0.25, -0.2) is 0 Å². The summed E-state index contributed by atoms with van der Waals surface area (Å²) in [6.45, 7) is 13.8. The zero-order valence-electron chi connectivity index (χ0n) is 9.15. The van der Waals surface area contributed by atoms with E-state index in [-0.39, 0.29) is 0 Å². The fourth-order valence-electron chi connectivity index (χ4n) is 0.757. The molecule has 0 bridgehead atoms. The van der Waals surface area contributed by atoms with E-state index in [1.807, 2.05) is 27.0 Å². The van der Waals surface area contributed by atoms with Crippen molar-refractivity contribution in [3.05, 3.63) is 23.9 Å². The zero-order chi connectivity index (χ0) is 10.3. The van der Waals surface area contributed by atoms with Gasteiger partial charge in [0.05, 0.1) is 5.71 Å². The molecule has 0 unspecified atom stereocenters. The fourth-order valence-corrected chi connectivity index (χ4v) is 0.757. The molecule has 0 heterocycles. The molecule has 0 aliphatic rings. The molecule has 0 saturated carbocycles. The maximum atomic E-state index is 4.35. The van der Waals surface area contributed by atoms with Crippen LogP contribution < -0.4 is 5.32 Å². The Balaban J connectivity index is 4.33. The van der Waals surface area contributed by atoms with Gasteiger partial charge < -0.3 is 5.32 Å². The Labute approximate surface area is 81.5 Å². The van der Waals surface area contributed by atoms with Gasteiger partial charge in [0.1, 0.15) is 0 Å². The first kappa shape index (κ1) is 12.1. The van der Waals surface area contributed by atoms with Gasteiger partial charge in [-0.15, -0.1) is 0 Å². The van der Waals surface area contributed by atoms with Crippen LogP contribution in [0.25, 0.3) is 0 Å². The first-order valence-corrected chi connectivity index (χ1v) is 4.64. The molecule has 0 atom stereocenters. The first-order valence-electron chi connectivity index (χ1n) is 4.64. The molecule has 0 aliphatic heterocycles. The van der Waals surface area contributed by atoms with Crippen LogP contribution in [0, 0.1) is 0 Å². The number of nitrogens with one attached hydrogen (secondary N) is 1. The molecule has 0 saturated heterocycles. The fraction of sp³-hybridized carbons (Fsp3) is 0.545. The van der Waals surface area contributed by atoms with E-state index in [0.717, 1.165) is 24.4 Å². The second-order valence-corrected chi connectivity index (χ2v) is 3.34. The van der Waals surface area contributed by atoms with Gasteiger partial charge in [0, 0.05) is 12.7 Å². The molecule has 13 heavy (non-hydrogen) atoms. The molecule has 2 heteroatoms. The summed E-state index contributed by atoms with van der Waals surface area (Å²) in [5.74, 6) is 0. The highest BCUT2D eigenvalue weighted by molar-refractivity contribution is 6.01. The molecule has 1 N–H and O–H groups in total. The van der Waals surface area contributed by atoms with Crippen LogP contribution in [0.15, 0.2) is 28.9 Å². The van der Waals surface area contributed by atoms with Gasteiger partial charge in [-0.3, -0.25) is 4.99 Å². The standard InChI is InChI=1S/C11H20N2/c1-6-12-8-11(10(4)5)13-7-9(2)3/h7,12H,4,6,8H2,1-3,5H3/b13-11-. The van der Waals surface area contributed by atoms with Crippen molar-refractivity contribution in [2.45, 2.75) is 27.7 Å². The number of rotatable bonds is 5. The van der Waals surface area contributed by atoms with Crippen molar-refractivity contribution in [2.24, 2.45) is 4.99 Å². The summed E-state index contributed by atoms with van der Waals surface area (Å²) < 4.78 is 0. The first-order chi connectivity index (χ1) is 6.07. The minimum atomic E-state index is 0.801. The van der Waals surface area contributed by atoms with Gasteiger partial charge >= 0.3 is 0 Å². The summed E-state index contributed by atoms with van der Waals surface area (Å²) in [4.78, 5) is 4.35. The third kappa shape index (κ3) is 6.29. The largest absolute Gasteiger partial charge is 0.311 e. The molecule has 0 spiro atoms. The zero-order valence-corrected chi connectivity index (χ0v) is 9.15. The van der Waals surface area contributed by atoms with Crippen molar-refractivity contribution in [3.63, 3.8) is 0 Å². The van der Waals surface area contributed by atoms with Gasteiger partial charge in [0.15, 0.2) is 0 Å². The lowest BCUT2D eigenvalue weighted by Gasteiger charge is -2.04. The van der Waals surface area contributed by atoms with E-state index < -0.39 is 0 Å². The van der Waals surface area contributed by atoms with Crippen molar-refractivity contribution < 1.29 is 0 Å². The Morgan fingerprint density at radius 1 is 1.38 bits per heavy atom. The van der Waals surface area contributed by atoms with Crippen LogP contribution in [0.4, 0.5) is 0 Å². The normalized spacial score (nSPS) is 11.2. The number of hydrogen-bond donors (Lipinski definition) is 1. The Morgan fingerprint density at radius 2 is 2.00 bits per heavy atom. The second kappa shape index (κ2) is 6.61. The van der Waals surface area contributed by atoms with E-state index in [2.05, 4.69) is 23.8 Å². The molecule has 0 aromatic rings. The lowest BCUT2D eigenvalue weighted by molar-refractivity contribution is 0.816. The maximum absolute atomic E-state index is 4.35. The summed E-state index contributed by atoms with van der Waals surface area (Å²) in [6, 6.07) is 0. The molecule has 74 valence electrons. The number of nitrogens with zero attached hydrogens (tertiary/aromatic N) is 1. The molecule has 0 radical (unpaired) electrons. The van der Waals surface area contributed by atoms with Crippen molar-refractivity contribution >= 4 is 5.71 Å². The smallest absolute Gasteiger partial charge is 0.0564 e.